The topological polar surface area (TPSA) is 52.6 Å². The van der Waals surface area contributed by atoms with Gasteiger partial charge in [0, 0.05) is 0 Å². The highest BCUT2D eigenvalue weighted by Gasteiger charge is 2.14. The number of hydrogen-bond donors (Lipinski definition) is 0. The molecule has 0 radical (unpaired) electrons. The average Bonchev–Trinajstić information content (AvgIpc) is 2.37. The normalized spacial score (nSPS) is 9.94. The molecule has 1 aromatic carbocycles. The van der Waals surface area contributed by atoms with Crippen LogP contribution < -0.4 is 0 Å². The molecule has 0 fully saturated rings. The van der Waals surface area contributed by atoms with Crippen molar-refractivity contribution < 1.29 is 19.1 Å². The van der Waals surface area contributed by atoms with Crippen LogP contribution in [0.2, 0.25) is 5.02 Å². The minimum absolute atomic E-state index is 0.180. The van der Waals surface area contributed by atoms with E-state index in [0.717, 1.165) is 12.8 Å². The highest BCUT2D eigenvalue weighted by molar-refractivity contribution is 6.33. The second kappa shape index (κ2) is 7.01. The zero-order valence-corrected chi connectivity index (χ0v) is 11.1. The fraction of sp³-hybridized carbons (Fsp3) is 0.385. The van der Waals surface area contributed by atoms with Gasteiger partial charge in [0.25, 0.3) is 0 Å². The lowest BCUT2D eigenvalue weighted by Gasteiger charge is -2.06. The summed E-state index contributed by atoms with van der Waals surface area (Å²) in [4.78, 5) is 22.9. The molecule has 0 saturated carbocycles. The van der Waals surface area contributed by atoms with Crippen LogP contribution in [-0.2, 0) is 9.47 Å². The van der Waals surface area contributed by atoms with Crippen LogP contribution in [0.15, 0.2) is 18.2 Å². The van der Waals surface area contributed by atoms with Crippen LogP contribution in [0.25, 0.3) is 0 Å². The third-order valence-electron chi connectivity index (χ3n) is 2.34. The summed E-state index contributed by atoms with van der Waals surface area (Å²) in [5, 5.41) is 0.180. The van der Waals surface area contributed by atoms with Crippen LogP contribution in [0.5, 0.6) is 0 Å². The maximum atomic E-state index is 11.7. The highest BCUT2D eigenvalue weighted by Crippen LogP contribution is 2.19. The molecule has 1 aromatic rings. The summed E-state index contributed by atoms with van der Waals surface area (Å²) in [5.74, 6) is -0.979. The molecule has 0 spiro atoms. The van der Waals surface area contributed by atoms with Gasteiger partial charge in [0.1, 0.15) is 0 Å². The van der Waals surface area contributed by atoms with Gasteiger partial charge in [-0.15, -0.1) is 0 Å². The first-order valence-electron chi connectivity index (χ1n) is 5.65. The number of carbonyl (C=O) groups is 2. The van der Waals surface area contributed by atoms with E-state index in [2.05, 4.69) is 4.74 Å². The molecule has 0 aliphatic heterocycles. The summed E-state index contributed by atoms with van der Waals surface area (Å²) in [5.41, 5.74) is 0.549. The Bertz CT molecular complexity index is 443. The van der Waals surface area contributed by atoms with E-state index in [-0.39, 0.29) is 10.6 Å². The highest BCUT2D eigenvalue weighted by atomic mass is 35.5. The number of hydrogen-bond acceptors (Lipinski definition) is 4. The third-order valence-corrected chi connectivity index (χ3v) is 2.65. The van der Waals surface area contributed by atoms with E-state index in [9.17, 15) is 9.59 Å². The van der Waals surface area contributed by atoms with Crippen molar-refractivity contribution >= 4 is 23.5 Å². The van der Waals surface area contributed by atoms with Crippen LogP contribution in [0.3, 0.4) is 0 Å². The molecule has 0 N–H and O–H groups in total. The van der Waals surface area contributed by atoms with Gasteiger partial charge in [0.2, 0.25) is 0 Å². The predicted octanol–water partition coefficient (Wildman–Crippen LogP) is 3.08. The summed E-state index contributed by atoms with van der Waals surface area (Å²) in [7, 11) is 1.28. The molecule has 0 amide bonds. The Hall–Kier alpha value is -1.55. The number of carbonyl (C=O) groups excluding carboxylic acids is 2. The lowest BCUT2D eigenvalue weighted by molar-refractivity contribution is 0.0498. The Balaban J connectivity index is 2.79. The molecule has 1 rings (SSSR count). The van der Waals surface area contributed by atoms with Gasteiger partial charge >= 0.3 is 11.9 Å². The molecule has 0 aliphatic rings. The van der Waals surface area contributed by atoms with Crippen molar-refractivity contribution in [2.75, 3.05) is 13.7 Å². The molecule has 0 heterocycles. The van der Waals surface area contributed by atoms with Crippen LogP contribution >= 0.6 is 11.6 Å². The van der Waals surface area contributed by atoms with Crippen molar-refractivity contribution in [3.63, 3.8) is 0 Å². The number of rotatable bonds is 5. The predicted molar refractivity (Wildman–Crippen MR) is 68.0 cm³/mol. The molecule has 0 bridgehead atoms. The molecule has 18 heavy (non-hydrogen) atoms. The summed E-state index contributed by atoms with van der Waals surface area (Å²) in [6.07, 6.45) is 1.76. The van der Waals surface area contributed by atoms with E-state index in [1.54, 1.807) is 0 Å². The molecule has 0 aliphatic carbocycles. The molecule has 0 aromatic heterocycles. The summed E-state index contributed by atoms with van der Waals surface area (Å²) in [6, 6.07) is 4.33. The van der Waals surface area contributed by atoms with Crippen LogP contribution in [0.4, 0.5) is 0 Å². The van der Waals surface area contributed by atoms with E-state index in [1.807, 2.05) is 6.92 Å². The lowest BCUT2D eigenvalue weighted by atomic mass is 10.1. The monoisotopic (exact) mass is 270 g/mol. The molecule has 5 heteroatoms. The van der Waals surface area contributed by atoms with Crippen molar-refractivity contribution in [3.05, 3.63) is 34.3 Å². The van der Waals surface area contributed by atoms with Crippen LogP contribution in [0, 0.1) is 0 Å². The van der Waals surface area contributed by atoms with Crippen molar-refractivity contribution in [1.29, 1.82) is 0 Å². The van der Waals surface area contributed by atoms with Gasteiger partial charge in [-0.25, -0.2) is 9.59 Å². The summed E-state index contributed by atoms with van der Waals surface area (Å²) >= 11 is 5.93. The van der Waals surface area contributed by atoms with E-state index in [4.69, 9.17) is 16.3 Å². The second-order valence-corrected chi connectivity index (χ2v) is 4.08. The van der Waals surface area contributed by atoms with E-state index >= 15 is 0 Å². The smallest absolute Gasteiger partial charge is 0.339 e. The third kappa shape index (κ3) is 3.74. The Morgan fingerprint density at radius 3 is 2.56 bits per heavy atom. The van der Waals surface area contributed by atoms with E-state index in [1.165, 1.54) is 25.3 Å². The fourth-order valence-corrected chi connectivity index (χ4v) is 1.57. The number of ether oxygens (including phenoxy) is 2. The first kappa shape index (κ1) is 14.5. The largest absolute Gasteiger partial charge is 0.465 e. The van der Waals surface area contributed by atoms with Gasteiger partial charge in [-0.1, -0.05) is 24.9 Å². The van der Waals surface area contributed by atoms with Gasteiger partial charge in [0.15, 0.2) is 0 Å². The van der Waals surface area contributed by atoms with Gasteiger partial charge in [-0.3, -0.25) is 0 Å². The first-order valence-corrected chi connectivity index (χ1v) is 6.03. The molecular weight excluding hydrogens is 256 g/mol. The Morgan fingerprint density at radius 2 is 2.00 bits per heavy atom. The SMILES string of the molecule is CCCCOC(=O)c1ccc(C(=O)OC)cc1Cl. The Kier molecular flexibility index (Phi) is 5.65. The quantitative estimate of drug-likeness (QED) is 0.609. The number of benzene rings is 1. The van der Waals surface area contributed by atoms with Crippen LogP contribution in [0.1, 0.15) is 40.5 Å². The van der Waals surface area contributed by atoms with E-state index < -0.39 is 11.9 Å². The van der Waals surface area contributed by atoms with Crippen LogP contribution in [-0.4, -0.2) is 25.7 Å². The molecular formula is C13H15ClO4. The zero-order valence-electron chi connectivity index (χ0n) is 10.4. The van der Waals surface area contributed by atoms with Crippen molar-refractivity contribution in [2.45, 2.75) is 19.8 Å². The van der Waals surface area contributed by atoms with Gasteiger partial charge in [0.05, 0.1) is 29.9 Å². The van der Waals surface area contributed by atoms with Crippen molar-refractivity contribution in [3.8, 4) is 0 Å². The van der Waals surface area contributed by atoms with Gasteiger partial charge in [-0.05, 0) is 24.6 Å². The maximum Gasteiger partial charge on any atom is 0.339 e. The second-order valence-electron chi connectivity index (χ2n) is 3.68. The lowest BCUT2D eigenvalue weighted by Crippen LogP contribution is -2.08. The maximum absolute atomic E-state index is 11.7. The van der Waals surface area contributed by atoms with Gasteiger partial charge in [-0.2, -0.15) is 0 Å². The number of unbranched alkanes of at least 4 members (excludes halogenated alkanes) is 1. The average molecular weight is 271 g/mol. The zero-order chi connectivity index (χ0) is 13.5. The number of halogens is 1. The van der Waals surface area contributed by atoms with E-state index in [0.29, 0.717) is 12.2 Å². The molecule has 98 valence electrons. The minimum Gasteiger partial charge on any atom is -0.465 e. The van der Waals surface area contributed by atoms with Crippen molar-refractivity contribution in [2.24, 2.45) is 0 Å². The van der Waals surface area contributed by atoms with Crippen molar-refractivity contribution in [1.82, 2.24) is 0 Å². The Labute approximate surface area is 111 Å². The number of esters is 2. The molecule has 0 unspecified atom stereocenters. The molecule has 0 saturated heterocycles. The number of methoxy groups -OCH3 is 1. The fourth-order valence-electron chi connectivity index (χ4n) is 1.31. The first-order chi connectivity index (χ1) is 8.60. The summed E-state index contributed by atoms with van der Waals surface area (Å²) < 4.78 is 9.59. The van der Waals surface area contributed by atoms with Gasteiger partial charge < -0.3 is 9.47 Å². The minimum atomic E-state index is -0.497. The summed E-state index contributed by atoms with van der Waals surface area (Å²) in [6.45, 7) is 2.37. The molecule has 4 nitrogen and oxygen atoms in total. The standard InChI is InChI=1S/C13H15ClO4/c1-3-4-7-18-13(16)10-6-5-9(8-11(10)14)12(15)17-2/h5-6,8H,3-4,7H2,1-2H3. The molecule has 0 atom stereocenters. The Morgan fingerprint density at radius 1 is 1.28 bits per heavy atom.